The summed E-state index contributed by atoms with van der Waals surface area (Å²) in [6, 6.07) is 6.98. The number of amides is 2. The number of benzene rings is 3. The van der Waals surface area contributed by atoms with Crippen LogP contribution >= 0.6 is 11.6 Å². The third kappa shape index (κ3) is 5.69. The molecule has 0 saturated carbocycles. The summed E-state index contributed by atoms with van der Waals surface area (Å²) in [5.41, 5.74) is -1.39. The van der Waals surface area contributed by atoms with Crippen LogP contribution in [0.4, 0.5) is 27.6 Å². The fourth-order valence-corrected chi connectivity index (χ4v) is 4.97. The number of ether oxygens (including phenoxy) is 1. The number of alkyl halides is 3. The van der Waals surface area contributed by atoms with Crippen LogP contribution < -0.4 is 20.7 Å². The van der Waals surface area contributed by atoms with Gasteiger partial charge in [-0.2, -0.15) is 13.2 Å². The normalized spacial score (nSPS) is 18.9. The van der Waals surface area contributed by atoms with Crippen molar-refractivity contribution in [3.63, 3.8) is 0 Å². The van der Waals surface area contributed by atoms with Gasteiger partial charge in [0.25, 0.3) is 11.8 Å². The third-order valence-corrected chi connectivity index (χ3v) is 6.87. The van der Waals surface area contributed by atoms with E-state index in [1.807, 2.05) is 0 Å². The largest absolute Gasteiger partial charge is 0.489 e. The van der Waals surface area contributed by atoms with Gasteiger partial charge < -0.3 is 20.7 Å². The Kier molecular flexibility index (Phi) is 7.21. The number of nitrogens with one attached hydrogen (secondary N) is 3. The molecule has 3 aromatic rings. The van der Waals surface area contributed by atoms with Crippen LogP contribution in [0.15, 0.2) is 48.5 Å². The predicted octanol–water partition coefficient (Wildman–Crippen LogP) is 5.85. The van der Waals surface area contributed by atoms with E-state index in [9.17, 15) is 31.5 Å². The Labute approximate surface area is 224 Å². The fourth-order valence-electron chi connectivity index (χ4n) is 4.74. The smallest absolute Gasteiger partial charge is 0.416 e. The number of piperidine rings is 1. The molecule has 5 rings (SSSR count). The number of carbonyl (C=O) groups excluding carboxylic acids is 2. The molecule has 0 aromatic heterocycles. The molecule has 0 radical (unpaired) electrons. The summed E-state index contributed by atoms with van der Waals surface area (Å²) in [6.45, 7) is 1.38. The molecule has 2 aliphatic rings. The van der Waals surface area contributed by atoms with Gasteiger partial charge in [0.2, 0.25) is 0 Å². The van der Waals surface area contributed by atoms with Gasteiger partial charge in [0, 0.05) is 34.3 Å². The van der Waals surface area contributed by atoms with Crippen molar-refractivity contribution in [2.24, 2.45) is 0 Å². The molecule has 1 saturated heterocycles. The monoisotopic (exact) mass is 565 g/mol. The lowest BCUT2D eigenvalue weighted by molar-refractivity contribution is -0.137. The van der Waals surface area contributed by atoms with Gasteiger partial charge in [-0.15, -0.1) is 0 Å². The van der Waals surface area contributed by atoms with E-state index in [2.05, 4.69) is 16.0 Å². The zero-order valence-electron chi connectivity index (χ0n) is 20.1. The van der Waals surface area contributed by atoms with Crippen molar-refractivity contribution in [3.8, 4) is 5.75 Å². The molecule has 2 atom stereocenters. The van der Waals surface area contributed by atoms with Gasteiger partial charge in [-0.25, -0.2) is 8.78 Å². The summed E-state index contributed by atoms with van der Waals surface area (Å²) in [4.78, 5) is 26.1. The molecule has 2 heterocycles. The number of rotatable bonds is 5. The van der Waals surface area contributed by atoms with Crippen molar-refractivity contribution < 1.29 is 36.3 Å². The second-order valence-corrected chi connectivity index (χ2v) is 9.68. The summed E-state index contributed by atoms with van der Waals surface area (Å²) in [5.74, 6) is -3.24. The summed E-state index contributed by atoms with van der Waals surface area (Å²) in [6.07, 6.45) is -3.50. The number of hydrogen-bond donors (Lipinski definition) is 3. The highest BCUT2D eigenvalue weighted by molar-refractivity contribution is 6.31. The quantitative estimate of drug-likeness (QED) is 0.339. The van der Waals surface area contributed by atoms with E-state index in [-0.39, 0.29) is 45.3 Å². The minimum Gasteiger partial charge on any atom is -0.489 e. The second-order valence-electron chi connectivity index (χ2n) is 9.27. The van der Waals surface area contributed by atoms with Crippen LogP contribution in [0.2, 0.25) is 5.02 Å². The highest BCUT2D eigenvalue weighted by atomic mass is 35.5. The van der Waals surface area contributed by atoms with Crippen molar-refractivity contribution in [3.05, 3.63) is 93.0 Å². The molecule has 2 aliphatic heterocycles. The summed E-state index contributed by atoms with van der Waals surface area (Å²) in [5, 5.41) is 8.54. The SMILES string of the molecule is O=C(Nc1cc(O[C@H]2CCCNC2)cc2c1C(c1cc(F)ccc1Cl)NC2=O)c1cc(F)cc(C(F)(F)F)c1. The molecule has 3 aromatic carbocycles. The lowest BCUT2D eigenvalue weighted by Gasteiger charge is -2.25. The molecule has 0 spiro atoms. The van der Waals surface area contributed by atoms with Crippen LogP contribution in [0.3, 0.4) is 0 Å². The zero-order valence-corrected chi connectivity index (χ0v) is 20.9. The van der Waals surface area contributed by atoms with Gasteiger partial charge in [0.1, 0.15) is 23.5 Å². The molecule has 204 valence electrons. The average Bonchev–Trinajstić information content (AvgIpc) is 3.21. The van der Waals surface area contributed by atoms with Crippen LogP contribution in [-0.4, -0.2) is 31.0 Å². The van der Waals surface area contributed by atoms with Gasteiger partial charge in [-0.1, -0.05) is 11.6 Å². The van der Waals surface area contributed by atoms with Crippen LogP contribution in [0, 0.1) is 11.6 Å². The van der Waals surface area contributed by atoms with Crippen LogP contribution in [-0.2, 0) is 6.18 Å². The predicted molar refractivity (Wildman–Crippen MR) is 133 cm³/mol. The first-order chi connectivity index (χ1) is 18.5. The van der Waals surface area contributed by atoms with E-state index in [0.717, 1.165) is 31.5 Å². The molecular weight excluding hydrogens is 545 g/mol. The Morgan fingerprint density at radius 1 is 1.05 bits per heavy atom. The van der Waals surface area contributed by atoms with Crippen molar-refractivity contribution in [1.82, 2.24) is 10.6 Å². The Morgan fingerprint density at radius 2 is 1.85 bits per heavy atom. The molecule has 0 aliphatic carbocycles. The van der Waals surface area contributed by atoms with Crippen molar-refractivity contribution in [1.29, 1.82) is 0 Å². The number of anilines is 1. The number of hydrogen-bond acceptors (Lipinski definition) is 4. The fraction of sp³-hybridized carbons (Fsp3) is 0.259. The van der Waals surface area contributed by atoms with E-state index in [4.69, 9.17) is 16.3 Å². The molecule has 1 fully saturated rings. The van der Waals surface area contributed by atoms with Crippen LogP contribution in [0.25, 0.3) is 0 Å². The molecule has 39 heavy (non-hydrogen) atoms. The second kappa shape index (κ2) is 10.5. The summed E-state index contributed by atoms with van der Waals surface area (Å²) in [7, 11) is 0. The van der Waals surface area contributed by atoms with Crippen molar-refractivity contribution in [2.45, 2.75) is 31.2 Å². The maximum atomic E-state index is 14.1. The van der Waals surface area contributed by atoms with Gasteiger partial charge in [-0.3, -0.25) is 9.59 Å². The third-order valence-electron chi connectivity index (χ3n) is 6.52. The highest BCUT2D eigenvalue weighted by Gasteiger charge is 2.36. The van der Waals surface area contributed by atoms with Crippen molar-refractivity contribution in [2.75, 3.05) is 18.4 Å². The molecule has 1 unspecified atom stereocenters. The molecule has 0 bridgehead atoms. The van der Waals surface area contributed by atoms with Gasteiger partial charge in [0.15, 0.2) is 0 Å². The van der Waals surface area contributed by atoms with Gasteiger partial charge in [0.05, 0.1) is 22.9 Å². The Balaban J connectivity index is 1.58. The Bertz CT molecular complexity index is 1460. The summed E-state index contributed by atoms with van der Waals surface area (Å²) < 4.78 is 73.9. The van der Waals surface area contributed by atoms with E-state index in [0.29, 0.717) is 18.7 Å². The molecule has 2 amide bonds. The molecule has 3 N–H and O–H groups in total. The Hall–Kier alpha value is -3.70. The minimum atomic E-state index is -4.88. The molecule has 6 nitrogen and oxygen atoms in total. The van der Waals surface area contributed by atoms with Gasteiger partial charge in [-0.05, 0) is 61.9 Å². The topological polar surface area (TPSA) is 79.5 Å². The van der Waals surface area contributed by atoms with E-state index in [1.165, 1.54) is 18.2 Å². The lowest BCUT2D eigenvalue weighted by Crippen LogP contribution is -2.37. The minimum absolute atomic E-state index is 0.0118. The van der Waals surface area contributed by atoms with Crippen molar-refractivity contribution >= 4 is 29.1 Å². The molecular formula is C27H21ClF5N3O3. The lowest BCUT2D eigenvalue weighted by atomic mass is 9.95. The summed E-state index contributed by atoms with van der Waals surface area (Å²) >= 11 is 6.30. The first-order valence-electron chi connectivity index (χ1n) is 12.0. The van der Waals surface area contributed by atoms with Gasteiger partial charge >= 0.3 is 6.18 Å². The zero-order chi connectivity index (χ0) is 27.9. The van der Waals surface area contributed by atoms with Crippen LogP contribution in [0.1, 0.15) is 56.3 Å². The number of halogens is 6. The first kappa shape index (κ1) is 26.9. The van der Waals surface area contributed by atoms with E-state index in [1.54, 1.807) is 0 Å². The average molecular weight is 566 g/mol. The van der Waals surface area contributed by atoms with E-state index < -0.39 is 46.8 Å². The standard InChI is InChI=1S/C27H21ClF5N3O3/c28-21-4-3-15(29)9-19(21)24-23-20(26(38)36-24)10-18(39-17-2-1-5-34-12-17)11-22(23)35-25(37)13-6-14(27(31,32)33)8-16(30)7-13/h3-4,6-11,17,24,34H,1-2,5,12H2,(H,35,37)(H,36,38)/t17-,24?/m0/s1. The number of carbonyl (C=O) groups is 2. The van der Waals surface area contributed by atoms with E-state index >= 15 is 0 Å². The molecule has 12 heteroatoms. The Morgan fingerprint density at radius 3 is 2.56 bits per heavy atom. The first-order valence-corrected chi connectivity index (χ1v) is 12.4. The maximum absolute atomic E-state index is 14.1. The maximum Gasteiger partial charge on any atom is 0.416 e. The van der Waals surface area contributed by atoms with Crippen LogP contribution in [0.5, 0.6) is 5.75 Å². The number of fused-ring (bicyclic) bond motifs is 1. The highest BCUT2D eigenvalue weighted by Crippen LogP contribution is 2.42.